The Morgan fingerprint density at radius 1 is 1.10 bits per heavy atom. The van der Waals surface area contributed by atoms with E-state index in [0.717, 1.165) is 48.4 Å². The average Bonchev–Trinajstić information content (AvgIpc) is 3.66. The number of ether oxygens (including phenoxy) is 1. The molecule has 0 saturated heterocycles. The van der Waals surface area contributed by atoms with Gasteiger partial charge in [0.15, 0.2) is 0 Å². The third-order valence-corrected chi connectivity index (χ3v) is 6.08. The molecular formula is C24H24ClN3O. The highest BCUT2D eigenvalue weighted by Crippen LogP contribution is 2.50. The van der Waals surface area contributed by atoms with Crippen molar-refractivity contribution in [2.24, 2.45) is 0 Å². The van der Waals surface area contributed by atoms with Crippen molar-refractivity contribution < 1.29 is 4.74 Å². The summed E-state index contributed by atoms with van der Waals surface area (Å²) in [5.74, 6) is 0.960. The number of aryl methyl sites for hydroxylation is 1. The summed E-state index contributed by atoms with van der Waals surface area (Å²) in [6.45, 7) is 2.62. The van der Waals surface area contributed by atoms with Gasteiger partial charge in [0.05, 0.1) is 16.8 Å². The predicted octanol–water partition coefficient (Wildman–Crippen LogP) is 5.43. The zero-order valence-corrected chi connectivity index (χ0v) is 17.2. The third-order valence-electron chi connectivity index (χ3n) is 5.73. The molecule has 0 amide bonds. The Balaban J connectivity index is 1.46. The highest BCUT2D eigenvalue weighted by Gasteiger charge is 2.46. The lowest BCUT2D eigenvalue weighted by molar-refractivity contribution is 0.304. The molecule has 4 nitrogen and oxygen atoms in total. The summed E-state index contributed by atoms with van der Waals surface area (Å²) in [6.07, 6.45) is 8.65. The van der Waals surface area contributed by atoms with Gasteiger partial charge in [0.1, 0.15) is 5.75 Å². The summed E-state index contributed by atoms with van der Waals surface area (Å²) in [6, 6.07) is 14.3. The minimum atomic E-state index is -0.0922. The number of rotatable bonds is 7. The molecule has 1 N–H and O–H groups in total. The Morgan fingerprint density at radius 2 is 1.93 bits per heavy atom. The zero-order chi connectivity index (χ0) is 19.8. The van der Waals surface area contributed by atoms with E-state index in [4.69, 9.17) is 16.3 Å². The van der Waals surface area contributed by atoms with Crippen LogP contribution in [-0.4, -0.2) is 16.1 Å². The van der Waals surface area contributed by atoms with Crippen molar-refractivity contribution in [2.45, 2.75) is 50.8 Å². The fraction of sp³-hybridized carbons (Fsp3) is 0.333. The molecule has 2 fully saturated rings. The number of hydrogen-bond donors (Lipinski definition) is 1. The first-order valence-electron chi connectivity index (χ1n) is 10.2. The van der Waals surface area contributed by atoms with Crippen LogP contribution in [0.5, 0.6) is 5.75 Å². The summed E-state index contributed by atoms with van der Waals surface area (Å²) < 4.78 is 6.19. The first-order chi connectivity index (χ1) is 14.1. The molecule has 0 aliphatic heterocycles. The molecule has 0 spiro atoms. The Kier molecular flexibility index (Phi) is 4.76. The topological polar surface area (TPSA) is 47.0 Å². The summed E-state index contributed by atoms with van der Waals surface area (Å²) >= 11 is 6.36. The van der Waals surface area contributed by atoms with Gasteiger partial charge in [-0.1, -0.05) is 29.8 Å². The van der Waals surface area contributed by atoms with Crippen molar-refractivity contribution in [1.82, 2.24) is 15.3 Å². The number of benzene rings is 1. The second-order valence-corrected chi connectivity index (χ2v) is 8.46. The summed E-state index contributed by atoms with van der Waals surface area (Å²) in [7, 11) is 0. The van der Waals surface area contributed by atoms with Crippen LogP contribution in [0.4, 0.5) is 0 Å². The van der Waals surface area contributed by atoms with Crippen molar-refractivity contribution in [1.29, 1.82) is 0 Å². The molecule has 148 valence electrons. The lowest BCUT2D eigenvalue weighted by Crippen LogP contribution is -2.29. The maximum absolute atomic E-state index is 6.36. The second kappa shape index (κ2) is 7.43. The SMILES string of the molecule is Cc1ccc(Cl)c(CNC2(c3cnccc3-c3ccccc3OC3CC3)CC2)n1. The van der Waals surface area contributed by atoms with Crippen molar-refractivity contribution in [3.8, 4) is 16.9 Å². The molecule has 2 saturated carbocycles. The van der Waals surface area contributed by atoms with E-state index in [2.05, 4.69) is 39.6 Å². The fourth-order valence-electron chi connectivity index (χ4n) is 3.80. The van der Waals surface area contributed by atoms with E-state index in [1.165, 1.54) is 11.1 Å². The molecule has 2 aliphatic rings. The lowest BCUT2D eigenvalue weighted by Gasteiger charge is -2.22. The molecule has 0 unspecified atom stereocenters. The van der Waals surface area contributed by atoms with Crippen LogP contribution in [-0.2, 0) is 12.1 Å². The fourth-order valence-corrected chi connectivity index (χ4v) is 3.98. The molecule has 3 aromatic rings. The number of pyridine rings is 2. The second-order valence-electron chi connectivity index (χ2n) is 8.05. The Labute approximate surface area is 176 Å². The van der Waals surface area contributed by atoms with Crippen molar-refractivity contribution in [2.75, 3.05) is 0 Å². The number of halogens is 1. The van der Waals surface area contributed by atoms with E-state index in [1.54, 1.807) is 0 Å². The summed E-state index contributed by atoms with van der Waals surface area (Å²) in [4.78, 5) is 9.05. The molecule has 2 aromatic heterocycles. The molecule has 5 rings (SSSR count). The molecule has 2 aliphatic carbocycles. The van der Waals surface area contributed by atoms with Gasteiger partial charge in [-0.2, -0.15) is 0 Å². The average molecular weight is 406 g/mol. The first kappa shape index (κ1) is 18.6. The minimum absolute atomic E-state index is 0.0922. The smallest absolute Gasteiger partial charge is 0.127 e. The normalized spacial score (nSPS) is 17.2. The van der Waals surface area contributed by atoms with E-state index >= 15 is 0 Å². The lowest BCUT2D eigenvalue weighted by atomic mass is 9.94. The largest absolute Gasteiger partial charge is 0.490 e. The van der Waals surface area contributed by atoms with Gasteiger partial charge in [-0.05, 0) is 68.0 Å². The van der Waals surface area contributed by atoms with Gasteiger partial charge < -0.3 is 10.1 Å². The Morgan fingerprint density at radius 3 is 2.72 bits per heavy atom. The van der Waals surface area contributed by atoms with E-state index in [-0.39, 0.29) is 5.54 Å². The van der Waals surface area contributed by atoms with E-state index < -0.39 is 0 Å². The maximum atomic E-state index is 6.36. The molecule has 2 heterocycles. The van der Waals surface area contributed by atoms with Gasteiger partial charge in [-0.3, -0.25) is 9.97 Å². The van der Waals surface area contributed by atoms with Crippen molar-refractivity contribution >= 4 is 11.6 Å². The zero-order valence-electron chi connectivity index (χ0n) is 16.5. The maximum Gasteiger partial charge on any atom is 0.127 e. The van der Waals surface area contributed by atoms with Gasteiger partial charge in [0.2, 0.25) is 0 Å². The highest BCUT2D eigenvalue weighted by molar-refractivity contribution is 6.31. The van der Waals surface area contributed by atoms with Gasteiger partial charge in [-0.15, -0.1) is 0 Å². The highest BCUT2D eigenvalue weighted by atomic mass is 35.5. The molecule has 5 heteroatoms. The van der Waals surface area contributed by atoms with E-state index in [1.807, 2.05) is 37.5 Å². The molecule has 1 aromatic carbocycles. The van der Waals surface area contributed by atoms with Gasteiger partial charge >= 0.3 is 0 Å². The van der Waals surface area contributed by atoms with Crippen LogP contribution in [0.3, 0.4) is 0 Å². The minimum Gasteiger partial charge on any atom is -0.490 e. The number of para-hydroxylation sites is 1. The summed E-state index contributed by atoms with van der Waals surface area (Å²) in [5, 5.41) is 4.43. The van der Waals surface area contributed by atoms with Crippen molar-refractivity contribution in [3.05, 3.63) is 76.8 Å². The quantitative estimate of drug-likeness (QED) is 0.569. The Hall–Kier alpha value is -2.43. The number of nitrogens with one attached hydrogen (secondary N) is 1. The Bertz CT molecular complexity index is 1040. The van der Waals surface area contributed by atoms with Crippen LogP contribution >= 0.6 is 11.6 Å². The van der Waals surface area contributed by atoms with E-state index in [9.17, 15) is 0 Å². The van der Waals surface area contributed by atoms with Crippen LogP contribution in [0.25, 0.3) is 11.1 Å². The van der Waals surface area contributed by atoms with Gasteiger partial charge in [-0.25, -0.2) is 0 Å². The van der Waals surface area contributed by atoms with E-state index in [0.29, 0.717) is 17.7 Å². The monoisotopic (exact) mass is 405 g/mol. The molecule has 29 heavy (non-hydrogen) atoms. The van der Waals surface area contributed by atoms with Crippen LogP contribution in [0.2, 0.25) is 5.02 Å². The molecular weight excluding hydrogens is 382 g/mol. The predicted molar refractivity (Wildman–Crippen MR) is 115 cm³/mol. The van der Waals surface area contributed by atoms with Crippen LogP contribution in [0.15, 0.2) is 54.9 Å². The van der Waals surface area contributed by atoms with Gasteiger partial charge in [0.25, 0.3) is 0 Å². The summed E-state index contributed by atoms with van der Waals surface area (Å²) in [5.41, 5.74) is 5.31. The van der Waals surface area contributed by atoms with Crippen molar-refractivity contribution in [3.63, 3.8) is 0 Å². The third kappa shape index (κ3) is 3.87. The van der Waals surface area contributed by atoms with Crippen LogP contribution < -0.4 is 10.1 Å². The van der Waals surface area contributed by atoms with Crippen LogP contribution in [0.1, 0.15) is 42.6 Å². The van der Waals surface area contributed by atoms with Gasteiger partial charge in [0, 0.05) is 35.7 Å². The first-order valence-corrected chi connectivity index (χ1v) is 10.6. The number of nitrogens with zero attached hydrogens (tertiary/aromatic N) is 2. The van der Waals surface area contributed by atoms with Crippen LogP contribution in [0, 0.1) is 6.92 Å². The standard InChI is InChI=1S/C24H24ClN3O/c1-16-6-9-21(25)22(28-16)15-27-24(11-12-24)20-14-26-13-10-18(20)19-4-2-3-5-23(19)29-17-7-8-17/h2-6,9-10,13-14,17,27H,7-8,11-12,15H2,1H3. The number of hydrogen-bond acceptors (Lipinski definition) is 4. The molecule has 0 radical (unpaired) electrons. The molecule has 0 atom stereocenters. The number of aromatic nitrogens is 2. The molecule has 0 bridgehead atoms.